The Bertz CT molecular complexity index is 666. The Labute approximate surface area is 152 Å². The number of rotatable bonds is 8. The van der Waals surface area contributed by atoms with Crippen molar-refractivity contribution in [2.75, 3.05) is 13.7 Å². The smallest absolute Gasteiger partial charge is 0.255 e. The molecule has 0 heterocycles. The zero-order valence-electron chi connectivity index (χ0n) is 13.2. The number of benzene rings is 2. The van der Waals surface area contributed by atoms with Gasteiger partial charge in [-0.3, -0.25) is 4.79 Å². The number of hydrogen-bond donors (Lipinski definition) is 2. The number of amides is 1. The van der Waals surface area contributed by atoms with Gasteiger partial charge in [-0.15, -0.1) is 0 Å². The van der Waals surface area contributed by atoms with Crippen molar-refractivity contribution < 1.29 is 26.7 Å². The standard InChI is InChI=1S/C17H19ClN2O3.ClH/c1-22-15-8-13(7-14(18)17(15)23-11-16(19)21)10-20-9-12-5-3-2-4-6-12;/h2-8,20H,9-11H2,1H3,(H2,19,21);1H/p-1. The number of ether oxygens (including phenoxy) is 2. The van der Waals surface area contributed by atoms with Crippen LogP contribution in [0, 0.1) is 0 Å². The molecule has 2 rings (SSSR count). The summed E-state index contributed by atoms with van der Waals surface area (Å²) in [5.74, 6) is 0.215. The van der Waals surface area contributed by atoms with Gasteiger partial charge in [-0.25, -0.2) is 0 Å². The number of carbonyl (C=O) groups excluding carboxylic acids is 1. The summed E-state index contributed by atoms with van der Waals surface area (Å²) in [6, 6.07) is 13.7. The summed E-state index contributed by atoms with van der Waals surface area (Å²) in [5, 5.41) is 3.71. The first-order chi connectivity index (χ1) is 11.1. The van der Waals surface area contributed by atoms with Gasteiger partial charge in [0.2, 0.25) is 0 Å². The summed E-state index contributed by atoms with van der Waals surface area (Å²) in [6.45, 7) is 1.13. The Morgan fingerprint density at radius 3 is 2.46 bits per heavy atom. The molecule has 130 valence electrons. The fraction of sp³-hybridized carbons (Fsp3) is 0.235. The predicted octanol–water partition coefficient (Wildman–Crippen LogP) is -0.493. The summed E-state index contributed by atoms with van der Waals surface area (Å²) in [7, 11) is 1.52. The Kier molecular flexibility index (Phi) is 8.40. The van der Waals surface area contributed by atoms with Crippen LogP contribution in [0.1, 0.15) is 11.1 Å². The van der Waals surface area contributed by atoms with Gasteiger partial charge in [-0.2, -0.15) is 0 Å². The van der Waals surface area contributed by atoms with Crippen LogP contribution in [0.15, 0.2) is 42.5 Å². The molecule has 0 spiro atoms. The van der Waals surface area contributed by atoms with Gasteiger partial charge < -0.3 is 32.9 Å². The van der Waals surface area contributed by atoms with E-state index in [9.17, 15) is 4.79 Å². The second-order valence-corrected chi connectivity index (χ2v) is 5.36. The minimum atomic E-state index is -0.572. The van der Waals surface area contributed by atoms with Crippen molar-refractivity contribution in [1.29, 1.82) is 0 Å². The van der Waals surface area contributed by atoms with E-state index in [4.69, 9.17) is 26.8 Å². The maximum Gasteiger partial charge on any atom is 0.255 e. The molecular weight excluding hydrogens is 351 g/mol. The van der Waals surface area contributed by atoms with E-state index in [2.05, 4.69) is 17.4 Å². The van der Waals surface area contributed by atoms with E-state index in [-0.39, 0.29) is 19.0 Å². The Hall–Kier alpha value is -1.95. The number of methoxy groups -OCH3 is 1. The highest BCUT2D eigenvalue weighted by molar-refractivity contribution is 6.32. The maximum atomic E-state index is 10.8. The lowest BCUT2D eigenvalue weighted by Crippen LogP contribution is -3.00. The van der Waals surface area contributed by atoms with Gasteiger partial charge in [0.15, 0.2) is 18.1 Å². The minimum Gasteiger partial charge on any atom is -1.00 e. The molecule has 0 aliphatic heterocycles. The molecule has 7 heteroatoms. The molecule has 3 N–H and O–H groups in total. The number of primary amides is 1. The van der Waals surface area contributed by atoms with Crippen molar-refractivity contribution >= 4 is 17.5 Å². The fourth-order valence-corrected chi connectivity index (χ4v) is 2.39. The van der Waals surface area contributed by atoms with E-state index >= 15 is 0 Å². The van der Waals surface area contributed by atoms with E-state index < -0.39 is 5.91 Å². The first-order valence-corrected chi connectivity index (χ1v) is 7.50. The molecule has 0 saturated carbocycles. The van der Waals surface area contributed by atoms with Crippen LogP contribution in [0.2, 0.25) is 5.02 Å². The highest BCUT2D eigenvalue weighted by atomic mass is 35.5. The largest absolute Gasteiger partial charge is 1.00 e. The molecular formula is C17H19Cl2N2O3-. The molecule has 2 aromatic rings. The number of halogens is 2. The van der Waals surface area contributed by atoms with Crippen LogP contribution in [0.25, 0.3) is 0 Å². The third-order valence-electron chi connectivity index (χ3n) is 3.15. The molecule has 0 fully saturated rings. The van der Waals surface area contributed by atoms with E-state index in [1.807, 2.05) is 24.3 Å². The average molecular weight is 370 g/mol. The first kappa shape index (κ1) is 20.1. The molecule has 0 bridgehead atoms. The summed E-state index contributed by atoms with van der Waals surface area (Å²) in [5.41, 5.74) is 7.23. The summed E-state index contributed by atoms with van der Waals surface area (Å²) in [4.78, 5) is 10.8. The number of nitrogens with one attached hydrogen (secondary N) is 1. The van der Waals surface area contributed by atoms with Crippen molar-refractivity contribution in [2.45, 2.75) is 13.1 Å². The normalized spacial score (nSPS) is 9.92. The van der Waals surface area contributed by atoms with Crippen molar-refractivity contribution in [1.82, 2.24) is 5.32 Å². The zero-order valence-corrected chi connectivity index (χ0v) is 14.7. The number of hydrogen-bond acceptors (Lipinski definition) is 4. The second-order valence-electron chi connectivity index (χ2n) is 4.95. The molecule has 0 atom stereocenters. The molecule has 0 radical (unpaired) electrons. The Morgan fingerprint density at radius 1 is 1.17 bits per heavy atom. The predicted molar refractivity (Wildman–Crippen MR) is 89.7 cm³/mol. The van der Waals surface area contributed by atoms with Crippen LogP contribution in [0.3, 0.4) is 0 Å². The first-order valence-electron chi connectivity index (χ1n) is 7.12. The zero-order chi connectivity index (χ0) is 16.7. The van der Waals surface area contributed by atoms with Gasteiger partial charge in [0, 0.05) is 13.1 Å². The molecule has 1 amide bonds. The minimum absolute atomic E-state index is 0. The van der Waals surface area contributed by atoms with Crippen LogP contribution in [0.5, 0.6) is 11.5 Å². The van der Waals surface area contributed by atoms with Gasteiger partial charge in [0.05, 0.1) is 12.1 Å². The molecule has 0 aliphatic carbocycles. The van der Waals surface area contributed by atoms with Gasteiger partial charge in [-0.1, -0.05) is 41.9 Å². The SMILES string of the molecule is COc1cc(CNCc2ccccc2)cc(Cl)c1OCC(N)=O.[Cl-]. The molecule has 24 heavy (non-hydrogen) atoms. The summed E-state index contributed by atoms with van der Waals surface area (Å²) < 4.78 is 10.6. The monoisotopic (exact) mass is 369 g/mol. The molecule has 0 saturated heterocycles. The van der Waals surface area contributed by atoms with Gasteiger partial charge in [0.1, 0.15) is 0 Å². The average Bonchev–Trinajstić information content (AvgIpc) is 2.54. The van der Waals surface area contributed by atoms with Crippen LogP contribution in [-0.2, 0) is 17.9 Å². The van der Waals surface area contributed by atoms with Gasteiger partial charge in [-0.05, 0) is 23.3 Å². The number of carbonyl (C=O) groups is 1. The second kappa shape index (κ2) is 10.0. The summed E-state index contributed by atoms with van der Waals surface area (Å²) >= 11 is 6.21. The van der Waals surface area contributed by atoms with Crippen molar-refractivity contribution in [3.05, 3.63) is 58.6 Å². The van der Waals surface area contributed by atoms with E-state index in [0.717, 1.165) is 12.1 Å². The Morgan fingerprint density at radius 2 is 1.83 bits per heavy atom. The molecule has 0 aromatic heterocycles. The van der Waals surface area contributed by atoms with E-state index in [0.29, 0.717) is 23.1 Å². The molecule has 5 nitrogen and oxygen atoms in total. The summed E-state index contributed by atoms with van der Waals surface area (Å²) in [6.07, 6.45) is 0. The lowest BCUT2D eigenvalue weighted by molar-refractivity contribution is -0.119. The van der Waals surface area contributed by atoms with E-state index in [1.165, 1.54) is 12.7 Å². The highest BCUT2D eigenvalue weighted by Gasteiger charge is 2.13. The topological polar surface area (TPSA) is 73.6 Å². The maximum absolute atomic E-state index is 10.8. The molecule has 0 aliphatic rings. The quantitative estimate of drug-likeness (QED) is 0.658. The van der Waals surface area contributed by atoms with Crippen LogP contribution < -0.4 is 32.9 Å². The van der Waals surface area contributed by atoms with Gasteiger partial charge >= 0.3 is 0 Å². The lowest BCUT2D eigenvalue weighted by atomic mass is 10.2. The van der Waals surface area contributed by atoms with E-state index in [1.54, 1.807) is 6.07 Å². The molecule has 0 unspecified atom stereocenters. The van der Waals surface area contributed by atoms with Crippen LogP contribution >= 0.6 is 11.6 Å². The Balaban J connectivity index is 0.00000288. The van der Waals surface area contributed by atoms with Crippen LogP contribution in [0.4, 0.5) is 0 Å². The van der Waals surface area contributed by atoms with Crippen molar-refractivity contribution in [3.8, 4) is 11.5 Å². The van der Waals surface area contributed by atoms with Crippen LogP contribution in [-0.4, -0.2) is 19.6 Å². The third-order valence-corrected chi connectivity index (χ3v) is 3.43. The van der Waals surface area contributed by atoms with Crippen molar-refractivity contribution in [3.63, 3.8) is 0 Å². The lowest BCUT2D eigenvalue weighted by Gasteiger charge is -2.14. The highest BCUT2D eigenvalue weighted by Crippen LogP contribution is 2.36. The van der Waals surface area contributed by atoms with Gasteiger partial charge in [0.25, 0.3) is 5.91 Å². The third kappa shape index (κ3) is 5.92. The number of nitrogens with two attached hydrogens (primary N) is 1. The van der Waals surface area contributed by atoms with Crippen molar-refractivity contribution in [2.24, 2.45) is 5.73 Å². The molecule has 2 aromatic carbocycles. The fourth-order valence-electron chi connectivity index (χ4n) is 2.11.